The molecule has 0 radical (unpaired) electrons. The van der Waals surface area contributed by atoms with Crippen LogP contribution in [0.1, 0.15) is 5.56 Å². The Morgan fingerprint density at radius 1 is 0.944 bits per heavy atom. The molecule has 0 saturated carbocycles. The Hall–Kier alpha value is -1.68. The molecule has 0 unspecified atom stereocenters. The fraction of sp³-hybridized carbons (Fsp3) is 0.0769. The molecule has 0 aliphatic rings. The van der Waals surface area contributed by atoms with E-state index < -0.39 is 17.5 Å². The highest BCUT2D eigenvalue weighted by Crippen LogP contribution is 2.20. The Labute approximate surface area is 107 Å². The van der Waals surface area contributed by atoms with Crippen LogP contribution in [-0.2, 0) is 6.54 Å². The van der Waals surface area contributed by atoms with Gasteiger partial charge in [0.25, 0.3) is 0 Å². The van der Waals surface area contributed by atoms with E-state index in [4.69, 9.17) is 11.6 Å². The van der Waals surface area contributed by atoms with E-state index >= 15 is 0 Å². The van der Waals surface area contributed by atoms with Gasteiger partial charge >= 0.3 is 0 Å². The van der Waals surface area contributed by atoms with Crippen LogP contribution in [0.15, 0.2) is 36.4 Å². The summed E-state index contributed by atoms with van der Waals surface area (Å²) >= 11 is 5.61. The van der Waals surface area contributed by atoms with E-state index in [0.717, 1.165) is 6.07 Å². The second-order valence-corrected chi connectivity index (χ2v) is 4.17. The third-order valence-electron chi connectivity index (χ3n) is 2.34. The zero-order valence-electron chi connectivity index (χ0n) is 9.18. The summed E-state index contributed by atoms with van der Waals surface area (Å²) in [6.07, 6.45) is 0. The van der Waals surface area contributed by atoms with Crippen LogP contribution < -0.4 is 5.32 Å². The molecule has 2 aromatic rings. The van der Waals surface area contributed by atoms with Gasteiger partial charge in [0.05, 0.1) is 5.02 Å². The van der Waals surface area contributed by atoms with E-state index in [-0.39, 0.29) is 11.6 Å². The second-order valence-electron chi connectivity index (χ2n) is 3.76. The molecular formula is C13H9ClF3N. The van der Waals surface area contributed by atoms with Crippen molar-refractivity contribution in [2.75, 3.05) is 5.32 Å². The van der Waals surface area contributed by atoms with Crippen LogP contribution in [0.2, 0.25) is 5.02 Å². The van der Waals surface area contributed by atoms with Crippen molar-refractivity contribution >= 4 is 17.3 Å². The van der Waals surface area contributed by atoms with Crippen LogP contribution >= 0.6 is 11.6 Å². The number of hydrogen-bond acceptors (Lipinski definition) is 1. The number of benzene rings is 2. The molecule has 0 aliphatic heterocycles. The standard InChI is InChI=1S/C13H9ClF3N/c14-12-6-11(1-2-13(12)17)18-7-8-3-9(15)5-10(16)4-8/h1-6,18H,7H2. The number of rotatable bonds is 3. The summed E-state index contributed by atoms with van der Waals surface area (Å²) < 4.78 is 38.8. The minimum Gasteiger partial charge on any atom is -0.381 e. The van der Waals surface area contributed by atoms with Crippen LogP contribution in [-0.4, -0.2) is 0 Å². The smallest absolute Gasteiger partial charge is 0.141 e. The third kappa shape index (κ3) is 3.17. The lowest BCUT2D eigenvalue weighted by atomic mass is 10.2. The number of halogens is 4. The maximum absolute atomic E-state index is 12.9. The summed E-state index contributed by atoms with van der Waals surface area (Å²) in [5, 5.41) is 2.89. The first-order valence-corrected chi connectivity index (χ1v) is 5.56. The molecule has 94 valence electrons. The highest BCUT2D eigenvalue weighted by atomic mass is 35.5. The lowest BCUT2D eigenvalue weighted by Crippen LogP contribution is -2.00. The van der Waals surface area contributed by atoms with Crippen molar-refractivity contribution in [1.29, 1.82) is 0 Å². The van der Waals surface area contributed by atoms with Gasteiger partial charge in [-0.1, -0.05) is 11.6 Å². The molecule has 0 heterocycles. The summed E-state index contributed by atoms with van der Waals surface area (Å²) in [5.74, 6) is -1.79. The first-order chi connectivity index (χ1) is 8.54. The number of hydrogen-bond donors (Lipinski definition) is 1. The largest absolute Gasteiger partial charge is 0.381 e. The Balaban J connectivity index is 2.08. The molecule has 1 N–H and O–H groups in total. The molecule has 2 rings (SSSR count). The Morgan fingerprint density at radius 2 is 1.61 bits per heavy atom. The van der Waals surface area contributed by atoms with Crippen molar-refractivity contribution in [3.05, 3.63) is 64.4 Å². The average Bonchev–Trinajstić information content (AvgIpc) is 2.29. The van der Waals surface area contributed by atoms with E-state index in [9.17, 15) is 13.2 Å². The normalized spacial score (nSPS) is 10.4. The van der Waals surface area contributed by atoms with Crippen LogP contribution in [0.25, 0.3) is 0 Å². The molecule has 0 aliphatic carbocycles. The monoisotopic (exact) mass is 271 g/mol. The van der Waals surface area contributed by atoms with E-state index in [0.29, 0.717) is 11.3 Å². The van der Waals surface area contributed by atoms with Gasteiger partial charge in [-0.25, -0.2) is 13.2 Å². The molecule has 18 heavy (non-hydrogen) atoms. The summed E-state index contributed by atoms with van der Waals surface area (Å²) in [6.45, 7) is 0.219. The van der Waals surface area contributed by atoms with Gasteiger partial charge in [-0.2, -0.15) is 0 Å². The molecule has 0 amide bonds. The second kappa shape index (κ2) is 5.31. The lowest BCUT2D eigenvalue weighted by molar-refractivity contribution is 0.580. The molecular weight excluding hydrogens is 263 g/mol. The van der Waals surface area contributed by atoms with Crippen molar-refractivity contribution in [1.82, 2.24) is 0 Å². The van der Waals surface area contributed by atoms with Crippen LogP contribution in [0, 0.1) is 17.5 Å². The minimum absolute atomic E-state index is 0.00887. The zero-order chi connectivity index (χ0) is 13.1. The van der Waals surface area contributed by atoms with Gasteiger partial charge in [0, 0.05) is 18.3 Å². The van der Waals surface area contributed by atoms with E-state index in [1.807, 2.05) is 0 Å². The van der Waals surface area contributed by atoms with Crippen molar-refractivity contribution in [3.63, 3.8) is 0 Å². The van der Waals surface area contributed by atoms with Crippen molar-refractivity contribution in [2.45, 2.75) is 6.54 Å². The Morgan fingerprint density at radius 3 is 2.22 bits per heavy atom. The number of anilines is 1. The maximum atomic E-state index is 12.9. The molecule has 0 aromatic heterocycles. The van der Waals surface area contributed by atoms with E-state index in [1.165, 1.54) is 30.3 Å². The van der Waals surface area contributed by atoms with E-state index in [1.54, 1.807) is 0 Å². The number of nitrogens with one attached hydrogen (secondary N) is 1. The summed E-state index contributed by atoms with van der Waals surface area (Å²) in [6, 6.07) is 7.38. The van der Waals surface area contributed by atoms with Gasteiger partial charge in [-0.05, 0) is 35.9 Å². The fourth-order valence-corrected chi connectivity index (χ4v) is 1.70. The zero-order valence-corrected chi connectivity index (χ0v) is 9.94. The van der Waals surface area contributed by atoms with Crippen LogP contribution in [0.4, 0.5) is 18.9 Å². The topological polar surface area (TPSA) is 12.0 Å². The van der Waals surface area contributed by atoms with Gasteiger partial charge in [0.1, 0.15) is 17.5 Å². The van der Waals surface area contributed by atoms with Crippen molar-refractivity contribution in [2.24, 2.45) is 0 Å². The minimum atomic E-state index is -0.635. The van der Waals surface area contributed by atoms with Gasteiger partial charge in [0.15, 0.2) is 0 Å². The van der Waals surface area contributed by atoms with Crippen molar-refractivity contribution < 1.29 is 13.2 Å². The average molecular weight is 272 g/mol. The highest BCUT2D eigenvalue weighted by Gasteiger charge is 2.03. The quantitative estimate of drug-likeness (QED) is 0.874. The molecule has 0 saturated heterocycles. The Bertz CT molecular complexity index is 552. The van der Waals surface area contributed by atoms with Gasteiger partial charge in [-0.15, -0.1) is 0 Å². The maximum Gasteiger partial charge on any atom is 0.141 e. The highest BCUT2D eigenvalue weighted by molar-refractivity contribution is 6.31. The molecule has 0 spiro atoms. The third-order valence-corrected chi connectivity index (χ3v) is 2.63. The molecule has 2 aromatic carbocycles. The molecule has 5 heteroatoms. The first-order valence-electron chi connectivity index (χ1n) is 5.18. The van der Waals surface area contributed by atoms with Gasteiger partial charge < -0.3 is 5.32 Å². The summed E-state index contributed by atoms with van der Waals surface area (Å²) in [7, 11) is 0. The predicted molar refractivity (Wildman–Crippen MR) is 65.1 cm³/mol. The Kier molecular flexibility index (Phi) is 3.77. The molecule has 0 bridgehead atoms. The molecule has 1 nitrogen and oxygen atoms in total. The lowest BCUT2D eigenvalue weighted by Gasteiger charge is -2.07. The van der Waals surface area contributed by atoms with Crippen LogP contribution in [0.3, 0.4) is 0 Å². The van der Waals surface area contributed by atoms with Crippen LogP contribution in [0.5, 0.6) is 0 Å². The first kappa shape index (κ1) is 12.8. The van der Waals surface area contributed by atoms with Gasteiger partial charge in [0.2, 0.25) is 0 Å². The van der Waals surface area contributed by atoms with E-state index in [2.05, 4.69) is 5.32 Å². The molecule has 0 atom stereocenters. The van der Waals surface area contributed by atoms with Crippen molar-refractivity contribution in [3.8, 4) is 0 Å². The fourth-order valence-electron chi connectivity index (χ4n) is 1.52. The SMILES string of the molecule is Fc1cc(F)cc(CNc2ccc(F)c(Cl)c2)c1. The summed E-state index contributed by atoms with van der Waals surface area (Å²) in [5.41, 5.74) is 1.03. The van der Waals surface area contributed by atoms with Gasteiger partial charge in [-0.3, -0.25) is 0 Å². The predicted octanol–water partition coefficient (Wildman–Crippen LogP) is 4.37. The summed E-state index contributed by atoms with van der Waals surface area (Å²) in [4.78, 5) is 0. The molecule has 0 fully saturated rings.